The Kier molecular flexibility index (Phi) is 5.84. The van der Waals surface area contributed by atoms with Crippen LogP contribution in [-0.2, 0) is 0 Å². The number of aromatic amines is 1. The van der Waals surface area contributed by atoms with Crippen LogP contribution in [0.5, 0.6) is 0 Å². The molecular weight excluding hydrogens is 303 g/mol. The molecule has 0 radical (unpaired) electrons. The van der Waals surface area contributed by atoms with Crippen LogP contribution in [0.25, 0.3) is 11.3 Å². The fourth-order valence-electron chi connectivity index (χ4n) is 2.71. The molecule has 4 aromatic rings. The Labute approximate surface area is 150 Å². The lowest BCUT2D eigenvalue weighted by atomic mass is 9.76. The Morgan fingerprint density at radius 2 is 1.16 bits per heavy atom. The van der Waals surface area contributed by atoms with Gasteiger partial charge < -0.3 is 4.98 Å². The number of hydrogen-bond acceptors (Lipinski definition) is 1. The number of rotatable bonds is 3. The van der Waals surface area contributed by atoms with Gasteiger partial charge in [0.2, 0.25) is 0 Å². The summed E-state index contributed by atoms with van der Waals surface area (Å²) in [5, 5.41) is 0. The summed E-state index contributed by atoms with van der Waals surface area (Å²) < 4.78 is 0. The van der Waals surface area contributed by atoms with Crippen LogP contribution in [0, 0.1) is 0 Å². The monoisotopic (exact) mass is 324 g/mol. The molecule has 1 heterocycles. The normalized spacial score (nSPS) is 10.1. The van der Waals surface area contributed by atoms with E-state index in [0.717, 1.165) is 5.69 Å². The highest BCUT2D eigenvalue weighted by atomic mass is 14.9. The molecule has 0 aliphatic heterocycles. The van der Waals surface area contributed by atoms with Gasteiger partial charge >= 0.3 is 0 Å². The molecule has 1 aromatic heterocycles. The van der Waals surface area contributed by atoms with Crippen molar-refractivity contribution in [3.8, 4) is 11.3 Å². The summed E-state index contributed by atoms with van der Waals surface area (Å²) in [5.41, 5.74) is 4.98. The zero-order valence-electron chi connectivity index (χ0n) is 14.3. The summed E-state index contributed by atoms with van der Waals surface area (Å²) in [6, 6.07) is 31.3. The smallest absolute Gasteiger partial charge is 0.116 e. The van der Waals surface area contributed by atoms with Gasteiger partial charge in [0.25, 0.3) is 0 Å². The van der Waals surface area contributed by atoms with E-state index in [2.05, 4.69) is 78.5 Å². The van der Waals surface area contributed by atoms with Gasteiger partial charge in [-0.25, -0.2) is 4.98 Å². The van der Waals surface area contributed by atoms with Crippen molar-refractivity contribution < 1.29 is 0 Å². The van der Waals surface area contributed by atoms with Gasteiger partial charge in [0.15, 0.2) is 0 Å². The van der Waals surface area contributed by atoms with Crippen LogP contribution in [0.3, 0.4) is 0 Å². The number of benzene rings is 3. The molecule has 0 amide bonds. The van der Waals surface area contributed by atoms with Crippen LogP contribution in [-0.4, -0.2) is 17.8 Å². The number of hydrogen-bond donors (Lipinski definition) is 1. The average Bonchev–Trinajstić information content (AvgIpc) is 3.25. The van der Waals surface area contributed by atoms with E-state index in [0.29, 0.717) is 5.82 Å². The Balaban J connectivity index is 0.000000150. The zero-order valence-corrected chi connectivity index (χ0v) is 14.3. The molecule has 0 spiro atoms. The lowest BCUT2D eigenvalue weighted by molar-refractivity contribution is 1.14. The summed E-state index contributed by atoms with van der Waals surface area (Å²) in [7, 11) is 2.24. The molecule has 0 bridgehead atoms. The SMILES string of the molecule is BC(c1ccccc1)c1ccccc1.c1ccc(-c2cnc[nH]2)cc1. The average molecular weight is 324 g/mol. The maximum absolute atomic E-state index is 3.94. The number of H-pyrrole nitrogens is 1. The molecule has 0 aliphatic rings. The summed E-state index contributed by atoms with van der Waals surface area (Å²) >= 11 is 0. The van der Waals surface area contributed by atoms with Crippen molar-refractivity contribution in [1.82, 2.24) is 9.97 Å². The third-order valence-corrected chi connectivity index (χ3v) is 4.18. The van der Waals surface area contributed by atoms with E-state index < -0.39 is 0 Å². The Hall–Kier alpha value is -3.07. The lowest BCUT2D eigenvalue weighted by Gasteiger charge is -2.11. The lowest BCUT2D eigenvalue weighted by Crippen LogP contribution is -1.99. The van der Waals surface area contributed by atoms with Gasteiger partial charge in [-0.15, -0.1) is 0 Å². The van der Waals surface area contributed by atoms with Crippen LogP contribution in [0.2, 0.25) is 0 Å². The highest BCUT2D eigenvalue weighted by Gasteiger charge is 2.05. The summed E-state index contributed by atoms with van der Waals surface area (Å²) in [6.07, 6.45) is 3.50. The van der Waals surface area contributed by atoms with Crippen molar-refractivity contribution in [2.45, 2.75) is 5.82 Å². The van der Waals surface area contributed by atoms with Gasteiger partial charge in [-0.05, 0) is 22.5 Å². The standard InChI is InChI=1S/C13H13B.C9H8N2/c14-13(11-7-3-1-4-8-11)12-9-5-2-6-10-12;1-2-4-8(5-3-1)9-6-10-7-11-9/h1-10,13H,14H2;1-7H,(H,10,11). The van der Waals surface area contributed by atoms with Gasteiger partial charge in [-0.2, -0.15) is 0 Å². The molecule has 0 atom stereocenters. The third kappa shape index (κ3) is 4.71. The van der Waals surface area contributed by atoms with E-state index in [4.69, 9.17) is 0 Å². The van der Waals surface area contributed by atoms with Crippen molar-refractivity contribution in [2.75, 3.05) is 0 Å². The first kappa shape index (κ1) is 16.8. The Morgan fingerprint density at radius 3 is 1.60 bits per heavy atom. The van der Waals surface area contributed by atoms with Crippen molar-refractivity contribution in [3.05, 3.63) is 115 Å². The van der Waals surface area contributed by atoms with Gasteiger partial charge in [-0.3, -0.25) is 0 Å². The van der Waals surface area contributed by atoms with Gasteiger partial charge in [0.05, 0.1) is 18.2 Å². The first-order valence-corrected chi connectivity index (χ1v) is 8.48. The number of nitrogens with zero attached hydrogens (tertiary/aromatic N) is 1. The fourth-order valence-corrected chi connectivity index (χ4v) is 2.71. The van der Waals surface area contributed by atoms with E-state index in [9.17, 15) is 0 Å². The molecule has 4 rings (SSSR count). The second-order valence-electron chi connectivity index (χ2n) is 5.87. The maximum atomic E-state index is 3.94. The molecule has 25 heavy (non-hydrogen) atoms. The highest BCUT2D eigenvalue weighted by molar-refractivity contribution is 6.14. The van der Waals surface area contributed by atoms with Crippen LogP contribution < -0.4 is 0 Å². The second kappa shape index (κ2) is 8.69. The molecule has 3 aromatic carbocycles. The first-order chi connectivity index (χ1) is 12.3. The van der Waals surface area contributed by atoms with Crippen LogP contribution in [0.1, 0.15) is 16.9 Å². The molecule has 0 saturated carbocycles. The summed E-state index contributed by atoms with van der Waals surface area (Å²) in [6.45, 7) is 0. The zero-order chi connectivity index (χ0) is 17.3. The van der Waals surface area contributed by atoms with Crippen molar-refractivity contribution >= 4 is 7.85 Å². The van der Waals surface area contributed by atoms with Gasteiger partial charge in [0, 0.05) is 0 Å². The van der Waals surface area contributed by atoms with E-state index in [1.54, 1.807) is 6.33 Å². The minimum absolute atomic E-state index is 0.484. The topological polar surface area (TPSA) is 28.7 Å². The van der Waals surface area contributed by atoms with Crippen LogP contribution in [0.4, 0.5) is 0 Å². The number of imidazole rings is 1. The second-order valence-corrected chi connectivity index (χ2v) is 5.87. The Bertz CT molecular complexity index is 805. The van der Waals surface area contributed by atoms with Crippen LogP contribution >= 0.6 is 0 Å². The molecule has 0 aliphatic carbocycles. The quantitative estimate of drug-likeness (QED) is 0.553. The predicted molar refractivity (Wildman–Crippen MR) is 107 cm³/mol. The minimum Gasteiger partial charge on any atom is -0.345 e. The van der Waals surface area contributed by atoms with Crippen LogP contribution in [0.15, 0.2) is 104 Å². The summed E-state index contributed by atoms with van der Waals surface area (Å²) in [5.74, 6) is 0.484. The third-order valence-electron chi connectivity index (χ3n) is 4.18. The molecule has 2 nitrogen and oxygen atoms in total. The summed E-state index contributed by atoms with van der Waals surface area (Å²) in [4.78, 5) is 6.99. The molecule has 122 valence electrons. The molecule has 1 N–H and O–H groups in total. The Morgan fingerprint density at radius 1 is 0.680 bits per heavy atom. The molecule has 3 heteroatoms. The molecule has 0 fully saturated rings. The molecule has 0 unspecified atom stereocenters. The minimum atomic E-state index is 0.484. The van der Waals surface area contributed by atoms with E-state index in [1.165, 1.54) is 16.7 Å². The highest BCUT2D eigenvalue weighted by Crippen LogP contribution is 2.20. The molecule has 0 saturated heterocycles. The maximum Gasteiger partial charge on any atom is 0.116 e. The fraction of sp³-hybridized carbons (Fsp3) is 0.0455. The van der Waals surface area contributed by atoms with E-state index in [1.807, 2.05) is 36.5 Å². The largest absolute Gasteiger partial charge is 0.345 e. The number of aromatic nitrogens is 2. The van der Waals surface area contributed by atoms with Crippen molar-refractivity contribution in [3.63, 3.8) is 0 Å². The van der Waals surface area contributed by atoms with E-state index >= 15 is 0 Å². The van der Waals surface area contributed by atoms with Crippen molar-refractivity contribution in [1.29, 1.82) is 0 Å². The predicted octanol–water partition coefficient (Wildman–Crippen LogP) is 4.49. The van der Waals surface area contributed by atoms with Crippen molar-refractivity contribution in [2.24, 2.45) is 0 Å². The van der Waals surface area contributed by atoms with E-state index in [-0.39, 0.29) is 0 Å². The van der Waals surface area contributed by atoms with Gasteiger partial charge in [0.1, 0.15) is 7.85 Å². The van der Waals surface area contributed by atoms with Gasteiger partial charge in [-0.1, -0.05) is 91.0 Å². The number of nitrogens with one attached hydrogen (secondary N) is 1. The first-order valence-electron chi connectivity index (χ1n) is 8.48. The molecular formula is C22H21BN2.